The van der Waals surface area contributed by atoms with Crippen molar-refractivity contribution in [3.05, 3.63) is 32.5 Å². The van der Waals surface area contributed by atoms with Gasteiger partial charge in [0.05, 0.1) is 10.5 Å². The number of fused-ring (bicyclic) bond motifs is 1. The van der Waals surface area contributed by atoms with Crippen molar-refractivity contribution >= 4 is 32.7 Å². The minimum Gasteiger partial charge on any atom is -0.345 e. The normalized spacial score (nSPS) is 12.0. The van der Waals surface area contributed by atoms with E-state index in [-0.39, 0.29) is 10.3 Å². The summed E-state index contributed by atoms with van der Waals surface area (Å²) in [6.07, 6.45) is -4.00. The van der Waals surface area contributed by atoms with Crippen LogP contribution in [0.2, 0.25) is 0 Å². The van der Waals surface area contributed by atoms with Gasteiger partial charge in [-0.25, -0.2) is 4.98 Å². The molecule has 0 radical (unpaired) electrons. The summed E-state index contributed by atoms with van der Waals surface area (Å²) in [4.78, 5) is 15.8. The number of rotatable bonds is 1. The Morgan fingerprint density at radius 2 is 2.12 bits per heavy atom. The van der Waals surface area contributed by atoms with Gasteiger partial charge in [-0.05, 0) is 15.9 Å². The van der Waals surface area contributed by atoms with E-state index in [1.165, 1.54) is 0 Å². The number of nitrogens with one attached hydrogen (secondary N) is 1. The fourth-order valence-electron chi connectivity index (χ4n) is 1.45. The lowest BCUT2D eigenvalue weighted by molar-refractivity contribution is -0.383. The van der Waals surface area contributed by atoms with E-state index < -0.39 is 27.7 Å². The minimum atomic E-state index is -4.67. The third-order valence-corrected chi connectivity index (χ3v) is 2.50. The maximum Gasteiger partial charge on any atom is 0.418 e. The van der Waals surface area contributed by atoms with E-state index in [9.17, 15) is 23.3 Å². The van der Waals surface area contributed by atoms with Crippen LogP contribution in [0, 0.1) is 10.1 Å². The quantitative estimate of drug-likeness (QED) is 0.499. The van der Waals surface area contributed by atoms with Gasteiger partial charge in [0.2, 0.25) is 0 Å². The number of H-pyrrole nitrogens is 1. The molecule has 0 saturated carbocycles. The number of hydrogen-bond donors (Lipinski definition) is 1. The summed E-state index contributed by atoms with van der Waals surface area (Å²) >= 11 is 2.89. The van der Waals surface area contributed by atoms with Crippen LogP contribution in [0.1, 0.15) is 5.56 Å². The Hall–Kier alpha value is -1.64. The van der Waals surface area contributed by atoms with Crippen molar-refractivity contribution in [1.29, 1.82) is 0 Å². The zero-order chi connectivity index (χ0) is 12.8. The average Bonchev–Trinajstić information content (AvgIpc) is 2.58. The third kappa shape index (κ3) is 1.97. The second kappa shape index (κ2) is 3.69. The average molecular weight is 310 g/mol. The lowest BCUT2D eigenvalue weighted by Crippen LogP contribution is -2.04. The molecule has 0 saturated heterocycles. The third-order valence-electron chi connectivity index (χ3n) is 2.09. The number of alkyl halides is 3. The molecule has 0 amide bonds. The van der Waals surface area contributed by atoms with E-state index in [0.717, 1.165) is 6.07 Å². The highest BCUT2D eigenvalue weighted by Crippen LogP contribution is 2.39. The van der Waals surface area contributed by atoms with E-state index in [0.29, 0.717) is 6.20 Å². The van der Waals surface area contributed by atoms with E-state index >= 15 is 0 Å². The van der Waals surface area contributed by atoms with Crippen LogP contribution in [-0.4, -0.2) is 14.9 Å². The Morgan fingerprint density at radius 3 is 2.65 bits per heavy atom. The molecule has 5 nitrogen and oxygen atoms in total. The van der Waals surface area contributed by atoms with Gasteiger partial charge in [-0.1, -0.05) is 0 Å². The largest absolute Gasteiger partial charge is 0.418 e. The lowest BCUT2D eigenvalue weighted by atomic mass is 10.2. The molecule has 1 N–H and O–H groups in total. The smallest absolute Gasteiger partial charge is 0.345 e. The van der Waals surface area contributed by atoms with Crippen LogP contribution in [0.3, 0.4) is 0 Å². The van der Waals surface area contributed by atoms with Crippen LogP contribution in [-0.2, 0) is 6.18 Å². The van der Waals surface area contributed by atoms with Crippen molar-refractivity contribution in [3.8, 4) is 0 Å². The molecule has 0 atom stereocenters. The van der Waals surface area contributed by atoms with Gasteiger partial charge < -0.3 is 4.98 Å². The first-order valence-electron chi connectivity index (χ1n) is 4.20. The van der Waals surface area contributed by atoms with Crippen LogP contribution >= 0.6 is 15.9 Å². The lowest BCUT2D eigenvalue weighted by Gasteiger charge is -2.04. The van der Waals surface area contributed by atoms with Gasteiger partial charge in [0.25, 0.3) is 5.69 Å². The Labute approximate surface area is 99.9 Å². The summed E-state index contributed by atoms with van der Waals surface area (Å²) in [7, 11) is 0. The SMILES string of the molecule is O=[N+]([O-])c1cc(Br)nc2[nH]cc(C(F)(F)F)c12. The Bertz CT molecular complexity index is 608. The van der Waals surface area contributed by atoms with Gasteiger partial charge in [-0.15, -0.1) is 0 Å². The van der Waals surface area contributed by atoms with Gasteiger partial charge >= 0.3 is 6.18 Å². The summed E-state index contributed by atoms with van der Waals surface area (Å²) in [5.41, 5.74) is -1.92. The molecule has 90 valence electrons. The van der Waals surface area contributed by atoms with Crippen molar-refractivity contribution < 1.29 is 18.1 Å². The van der Waals surface area contributed by atoms with Crippen LogP contribution in [0.15, 0.2) is 16.9 Å². The van der Waals surface area contributed by atoms with Gasteiger partial charge in [-0.3, -0.25) is 10.1 Å². The van der Waals surface area contributed by atoms with E-state index in [1.807, 2.05) is 0 Å². The molecule has 2 heterocycles. The maximum absolute atomic E-state index is 12.6. The molecular formula is C8H3BrF3N3O2. The Balaban J connectivity index is 2.87. The molecular weight excluding hydrogens is 307 g/mol. The maximum atomic E-state index is 12.6. The fourth-order valence-corrected chi connectivity index (χ4v) is 1.85. The molecule has 0 unspecified atom stereocenters. The number of nitro groups is 1. The number of pyridine rings is 1. The predicted molar refractivity (Wildman–Crippen MR) is 55.5 cm³/mol. The standard InChI is InChI=1S/C8H3BrF3N3O2/c9-5-1-4(15(16)17)6-3(8(10,11)12)2-13-7(6)14-5/h1-2H,(H,13,14). The van der Waals surface area contributed by atoms with Gasteiger partial charge in [0.15, 0.2) is 0 Å². The van der Waals surface area contributed by atoms with E-state index in [1.54, 1.807) is 0 Å². The molecule has 2 aromatic rings. The van der Waals surface area contributed by atoms with Crippen LogP contribution in [0.4, 0.5) is 18.9 Å². The Kier molecular flexibility index (Phi) is 2.57. The molecule has 2 aromatic heterocycles. The van der Waals surface area contributed by atoms with Crippen molar-refractivity contribution in [1.82, 2.24) is 9.97 Å². The van der Waals surface area contributed by atoms with Crippen molar-refractivity contribution in [2.75, 3.05) is 0 Å². The first kappa shape index (κ1) is 11.8. The molecule has 9 heteroatoms. The Morgan fingerprint density at radius 1 is 1.47 bits per heavy atom. The summed E-state index contributed by atoms with van der Waals surface area (Å²) in [5, 5.41) is 10.2. The number of aromatic nitrogens is 2. The molecule has 0 bridgehead atoms. The molecule has 0 aliphatic rings. The number of nitrogens with zero attached hydrogens (tertiary/aromatic N) is 2. The summed E-state index contributed by atoms with van der Waals surface area (Å²) in [6.45, 7) is 0. The highest BCUT2D eigenvalue weighted by atomic mass is 79.9. The number of halogens is 4. The first-order chi connectivity index (χ1) is 7.80. The highest BCUT2D eigenvalue weighted by Gasteiger charge is 2.37. The number of aromatic amines is 1. The monoisotopic (exact) mass is 309 g/mol. The molecule has 0 aliphatic carbocycles. The molecule has 0 spiro atoms. The van der Waals surface area contributed by atoms with E-state index in [4.69, 9.17) is 0 Å². The van der Waals surface area contributed by atoms with Crippen molar-refractivity contribution in [2.24, 2.45) is 0 Å². The number of hydrogen-bond acceptors (Lipinski definition) is 3. The first-order valence-corrected chi connectivity index (χ1v) is 4.99. The van der Waals surface area contributed by atoms with Crippen LogP contribution in [0.5, 0.6) is 0 Å². The van der Waals surface area contributed by atoms with Crippen molar-refractivity contribution in [3.63, 3.8) is 0 Å². The molecule has 0 fully saturated rings. The molecule has 0 aromatic carbocycles. The second-order valence-electron chi connectivity index (χ2n) is 3.14. The highest BCUT2D eigenvalue weighted by molar-refractivity contribution is 9.10. The topological polar surface area (TPSA) is 71.8 Å². The fraction of sp³-hybridized carbons (Fsp3) is 0.125. The molecule has 0 aliphatic heterocycles. The summed E-state index contributed by atoms with van der Waals surface area (Å²) in [5.74, 6) is 0. The minimum absolute atomic E-state index is 0.0901. The summed E-state index contributed by atoms with van der Waals surface area (Å²) < 4.78 is 37.9. The molecule has 2 rings (SSSR count). The zero-order valence-corrected chi connectivity index (χ0v) is 9.46. The van der Waals surface area contributed by atoms with Gasteiger partial charge in [0.1, 0.15) is 15.6 Å². The van der Waals surface area contributed by atoms with Gasteiger partial charge in [0, 0.05) is 12.3 Å². The van der Waals surface area contributed by atoms with Crippen LogP contribution < -0.4 is 0 Å². The molecule has 17 heavy (non-hydrogen) atoms. The van der Waals surface area contributed by atoms with Crippen molar-refractivity contribution in [2.45, 2.75) is 6.18 Å². The van der Waals surface area contributed by atoms with Gasteiger partial charge in [-0.2, -0.15) is 13.2 Å². The predicted octanol–water partition coefficient (Wildman–Crippen LogP) is 3.25. The zero-order valence-electron chi connectivity index (χ0n) is 7.88. The van der Waals surface area contributed by atoms with Crippen LogP contribution in [0.25, 0.3) is 11.0 Å². The van der Waals surface area contributed by atoms with E-state index in [2.05, 4.69) is 25.9 Å². The second-order valence-corrected chi connectivity index (χ2v) is 3.96. The summed E-state index contributed by atoms with van der Waals surface area (Å²) in [6, 6.07) is 0.936.